The van der Waals surface area contributed by atoms with Gasteiger partial charge in [-0.25, -0.2) is 0 Å². The molecule has 0 bridgehead atoms. The van der Waals surface area contributed by atoms with Crippen molar-refractivity contribution in [3.8, 4) is 0 Å². The number of rotatable bonds is 3. The van der Waals surface area contributed by atoms with Gasteiger partial charge in [0.05, 0.1) is 6.42 Å². The molecule has 0 heterocycles. The molecule has 0 aliphatic heterocycles. The van der Waals surface area contributed by atoms with E-state index in [-0.39, 0.29) is 12.3 Å². The average molecular weight is 323 g/mol. The van der Waals surface area contributed by atoms with Crippen LogP contribution in [0, 0.1) is 0 Å². The SMILES string of the molecule is O=C(Cc1ccccc1Cl)NNC(=O)c1ccc(Cl)cc1. The number of hydrazine groups is 1. The summed E-state index contributed by atoms with van der Waals surface area (Å²) < 4.78 is 0. The fourth-order valence-corrected chi connectivity index (χ4v) is 1.99. The maximum atomic E-state index is 11.8. The highest BCUT2D eigenvalue weighted by Gasteiger charge is 2.09. The van der Waals surface area contributed by atoms with Crippen LogP contribution in [0.1, 0.15) is 15.9 Å². The molecule has 0 aliphatic carbocycles. The molecule has 0 fully saturated rings. The molecule has 0 unspecified atom stereocenters. The van der Waals surface area contributed by atoms with Crippen molar-refractivity contribution in [3.05, 3.63) is 69.7 Å². The number of halogens is 2. The third-order valence-electron chi connectivity index (χ3n) is 2.73. The smallest absolute Gasteiger partial charge is 0.269 e. The van der Waals surface area contributed by atoms with Crippen LogP contribution in [0.3, 0.4) is 0 Å². The Morgan fingerprint density at radius 1 is 0.905 bits per heavy atom. The van der Waals surface area contributed by atoms with Crippen LogP contribution in [0.15, 0.2) is 48.5 Å². The quantitative estimate of drug-likeness (QED) is 0.853. The van der Waals surface area contributed by atoms with Gasteiger partial charge in [-0.05, 0) is 35.9 Å². The molecule has 2 amide bonds. The van der Waals surface area contributed by atoms with Crippen molar-refractivity contribution < 1.29 is 9.59 Å². The molecule has 2 N–H and O–H groups in total. The van der Waals surface area contributed by atoms with E-state index in [9.17, 15) is 9.59 Å². The molecule has 0 spiro atoms. The van der Waals surface area contributed by atoms with Crippen molar-refractivity contribution in [1.29, 1.82) is 0 Å². The van der Waals surface area contributed by atoms with Crippen molar-refractivity contribution in [1.82, 2.24) is 10.9 Å². The van der Waals surface area contributed by atoms with Crippen molar-refractivity contribution in [3.63, 3.8) is 0 Å². The van der Waals surface area contributed by atoms with Gasteiger partial charge in [0.15, 0.2) is 0 Å². The Balaban J connectivity index is 1.88. The van der Waals surface area contributed by atoms with Gasteiger partial charge in [-0.15, -0.1) is 0 Å². The van der Waals surface area contributed by atoms with Gasteiger partial charge in [0.1, 0.15) is 0 Å². The highest BCUT2D eigenvalue weighted by atomic mass is 35.5. The maximum absolute atomic E-state index is 11.8. The lowest BCUT2D eigenvalue weighted by Crippen LogP contribution is -2.42. The van der Waals surface area contributed by atoms with E-state index in [1.807, 2.05) is 0 Å². The van der Waals surface area contributed by atoms with Crippen molar-refractivity contribution in [2.45, 2.75) is 6.42 Å². The lowest BCUT2D eigenvalue weighted by atomic mass is 10.1. The normalized spacial score (nSPS) is 10.0. The van der Waals surface area contributed by atoms with Crippen LogP contribution < -0.4 is 10.9 Å². The Labute approximate surface area is 132 Å². The summed E-state index contributed by atoms with van der Waals surface area (Å²) in [5.41, 5.74) is 5.77. The summed E-state index contributed by atoms with van der Waals surface area (Å²) in [5.74, 6) is -0.774. The molecule has 2 aromatic rings. The topological polar surface area (TPSA) is 58.2 Å². The van der Waals surface area contributed by atoms with Gasteiger partial charge >= 0.3 is 0 Å². The average Bonchev–Trinajstić information content (AvgIpc) is 2.48. The number of benzene rings is 2. The predicted molar refractivity (Wildman–Crippen MR) is 82.2 cm³/mol. The molecule has 0 saturated carbocycles. The minimum absolute atomic E-state index is 0.0839. The molecule has 0 aliphatic rings. The molecule has 21 heavy (non-hydrogen) atoms. The van der Waals surface area contributed by atoms with Crippen molar-refractivity contribution >= 4 is 35.0 Å². The lowest BCUT2D eigenvalue weighted by molar-refractivity contribution is -0.121. The Kier molecular flexibility index (Phi) is 5.20. The molecule has 0 atom stereocenters. The number of amides is 2. The Morgan fingerprint density at radius 3 is 2.24 bits per heavy atom. The first kappa shape index (κ1) is 15.4. The summed E-state index contributed by atoms with van der Waals surface area (Å²) in [7, 11) is 0. The first-order valence-electron chi connectivity index (χ1n) is 6.14. The van der Waals surface area contributed by atoms with E-state index >= 15 is 0 Å². The fourth-order valence-electron chi connectivity index (χ4n) is 1.66. The highest BCUT2D eigenvalue weighted by Crippen LogP contribution is 2.15. The largest absolute Gasteiger partial charge is 0.273 e. The molecule has 6 heteroatoms. The number of carbonyl (C=O) groups is 2. The van der Waals surface area contributed by atoms with E-state index in [1.165, 1.54) is 0 Å². The second kappa shape index (κ2) is 7.11. The summed E-state index contributed by atoms with van der Waals surface area (Å²) in [6, 6.07) is 13.4. The summed E-state index contributed by atoms with van der Waals surface area (Å²) in [6.07, 6.45) is 0.0839. The number of hydrogen-bond donors (Lipinski definition) is 2. The summed E-state index contributed by atoms with van der Waals surface area (Å²) in [4.78, 5) is 23.5. The van der Waals surface area contributed by atoms with Crippen LogP contribution in [0.5, 0.6) is 0 Å². The second-order valence-electron chi connectivity index (χ2n) is 4.28. The first-order valence-corrected chi connectivity index (χ1v) is 6.90. The van der Waals surface area contributed by atoms with Gasteiger partial charge in [0.25, 0.3) is 5.91 Å². The minimum Gasteiger partial charge on any atom is -0.273 e. The summed E-state index contributed by atoms with van der Waals surface area (Å²) in [5, 5.41) is 1.05. The minimum atomic E-state index is -0.417. The maximum Gasteiger partial charge on any atom is 0.269 e. The molecular formula is C15H12Cl2N2O2. The molecule has 0 radical (unpaired) electrons. The predicted octanol–water partition coefficient (Wildman–Crippen LogP) is 3.00. The Morgan fingerprint density at radius 2 is 1.57 bits per heavy atom. The van der Waals surface area contributed by atoms with E-state index in [1.54, 1.807) is 48.5 Å². The third kappa shape index (κ3) is 4.48. The lowest BCUT2D eigenvalue weighted by Gasteiger charge is -2.08. The van der Waals surface area contributed by atoms with Gasteiger partial charge in [-0.2, -0.15) is 0 Å². The zero-order valence-corrected chi connectivity index (χ0v) is 12.4. The Bertz CT molecular complexity index is 657. The van der Waals surface area contributed by atoms with Gasteiger partial charge < -0.3 is 0 Å². The molecule has 108 valence electrons. The van der Waals surface area contributed by atoms with Crippen molar-refractivity contribution in [2.75, 3.05) is 0 Å². The first-order chi connectivity index (χ1) is 10.1. The molecule has 2 aromatic carbocycles. The van der Waals surface area contributed by atoms with Crippen LogP contribution in [0.25, 0.3) is 0 Å². The van der Waals surface area contributed by atoms with Crippen LogP contribution in [0.2, 0.25) is 10.0 Å². The zero-order chi connectivity index (χ0) is 15.2. The van der Waals surface area contributed by atoms with Crippen LogP contribution in [-0.4, -0.2) is 11.8 Å². The van der Waals surface area contributed by atoms with E-state index < -0.39 is 5.91 Å². The molecule has 2 rings (SSSR count). The number of nitrogens with one attached hydrogen (secondary N) is 2. The van der Waals surface area contributed by atoms with Gasteiger partial charge in [0.2, 0.25) is 5.91 Å². The third-order valence-corrected chi connectivity index (χ3v) is 3.35. The molecule has 0 aromatic heterocycles. The van der Waals surface area contributed by atoms with E-state index in [2.05, 4.69) is 10.9 Å². The van der Waals surface area contributed by atoms with E-state index in [0.29, 0.717) is 21.2 Å². The van der Waals surface area contributed by atoms with Gasteiger partial charge in [-0.3, -0.25) is 20.4 Å². The number of hydrogen-bond acceptors (Lipinski definition) is 2. The van der Waals surface area contributed by atoms with E-state index in [0.717, 1.165) is 0 Å². The highest BCUT2D eigenvalue weighted by molar-refractivity contribution is 6.31. The zero-order valence-electron chi connectivity index (χ0n) is 10.9. The second-order valence-corrected chi connectivity index (χ2v) is 5.12. The van der Waals surface area contributed by atoms with E-state index in [4.69, 9.17) is 23.2 Å². The standard InChI is InChI=1S/C15H12Cl2N2O2/c16-12-7-5-10(6-8-12)15(21)19-18-14(20)9-11-3-1-2-4-13(11)17/h1-8H,9H2,(H,18,20)(H,19,21). The van der Waals surface area contributed by atoms with Gasteiger partial charge in [0, 0.05) is 15.6 Å². The summed E-state index contributed by atoms with van der Waals surface area (Å²) in [6.45, 7) is 0. The monoisotopic (exact) mass is 322 g/mol. The van der Waals surface area contributed by atoms with Crippen LogP contribution in [-0.2, 0) is 11.2 Å². The Hall–Kier alpha value is -2.04. The van der Waals surface area contributed by atoms with Crippen LogP contribution in [0.4, 0.5) is 0 Å². The van der Waals surface area contributed by atoms with Gasteiger partial charge in [-0.1, -0.05) is 41.4 Å². The molecular weight excluding hydrogens is 311 g/mol. The van der Waals surface area contributed by atoms with Crippen LogP contribution >= 0.6 is 23.2 Å². The molecule has 4 nitrogen and oxygen atoms in total. The molecule has 0 saturated heterocycles. The number of carbonyl (C=O) groups excluding carboxylic acids is 2. The summed E-state index contributed by atoms with van der Waals surface area (Å²) >= 11 is 11.7. The fraction of sp³-hybridized carbons (Fsp3) is 0.0667. The van der Waals surface area contributed by atoms with Crippen molar-refractivity contribution in [2.24, 2.45) is 0 Å².